The van der Waals surface area contributed by atoms with E-state index in [9.17, 15) is 18.0 Å². The van der Waals surface area contributed by atoms with Gasteiger partial charge in [-0.05, 0) is 67.3 Å². The molecule has 0 saturated carbocycles. The largest absolute Gasteiger partial charge is 0.497 e. The van der Waals surface area contributed by atoms with Gasteiger partial charge in [-0.15, -0.1) is 11.6 Å². The van der Waals surface area contributed by atoms with Crippen LogP contribution in [0.3, 0.4) is 0 Å². The molecule has 2 unspecified atom stereocenters. The second kappa shape index (κ2) is 10.3. The van der Waals surface area contributed by atoms with E-state index < -0.39 is 28.7 Å². The lowest BCUT2D eigenvalue weighted by molar-refractivity contribution is -0.137. The first-order valence-corrected chi connectivity index (χ1v) is 12.4. The molecule has 2 amide bonds. The quantitative estimate of drug-likeness (QED) is 0.376. The summed E-state index contributed by atoms with van der Waals surface area (Å²) in [6.07, 6.45) is -0.283. The van der Waals surface area contributed by atoms with E-state index >= 15 is 0 Å². The number of fused-ring (bicyclic) bond motifs is 1. The molecule has 37 heavy (non-hydrogen) atoms. The molecule has 5 nitrogen and oxygen atoms in total. The number of rotatable bonds is 4. The van der Waals surface area contributed by atoms with E-state index in [4.69, 9.17) is 44.3 Å². The van der Waals surface area contributed by atoms with Crippen molar-refractivity contribution in [3.05, 3.63) is 74.8 Å². The Morgan fingerprint density at radius 1 is 1.16 bits per heavy atom. The fourth-order valence-electron chi connectivity index (χ4n) is 4.76. The number of allylic oxidation sites excluding steroid dienone is 3. The topological polar surface area (TPSA) is 50.8 Å². The molecule has 0 bridgehead atoms. The average molecular weight is 576 g/mol. The van der Waals surface area contributed by atoms with E-state index in [0.29, 0.717) is 29.4 Å². The van der Waals surface area contributed by atoms with Gasteiger partial charge in [0.2, 0.25) is 0 Å². The predicted molar refractivity (Wildman–Crippen MR) is 139 cm³/mol. The van der Waals surface area contributed by atoms with Crippen molar-refractivity contribution in [1.82, 2.24) is 4.90 Å². The monoisotopic (exact) mass is 574 g/mol. The van der Waals surface area contributed by atoms with Crippen LogP contribution in [0.25, 0.3) is 0 Å². The zero-order valence-electron chi connectivity index (χ0n) is 20.2. The number of amides is 2. The smallest absolute Gasteiger partial charge is 0.416 e. The number of nitrogens with zero attached hydrogens (tertiary/aromatic N) is 1. The normalized spacial score (nSPS) is 21.5. The van der Waals surface area contributed by atoms with E-state index in [1.807, 2.05) is 13.0 Å². The summed E-state index contributed by atoms with van der Waals surface area (Å²) in [5.41, 5.74) is 1.31. The third kappa shape index (κ3) is 5.81. The van der Waals surface area contributed by atoms with Crippen LogP contribution < -0.4 is 14.8 Å². The summed E-state index contributed by atoms with van der Waals surface area (Å²) in [4.78, 5) is 14.3. The van der Waals surface area contributed by atoms with Crippen LogP contribution in [0, 0.1) is 0 Å². The van der Waals surface area contributed by atoms with Gasteiger partial charge in [-0.1, -0.05) is 23.2 Å². The number of alkyl halides is 4. The zero-order chi connectivity index (χ0) is 27.1. The van der Waals surface area contributed by atoms with Gasteiger partial charge >= 0.3 is 12.2 Å². The highest BCUT2D eigenvalue weighted by molar-refractivity contribution is 6.34. The first-order valence-electron chi connectivity index (χ1n) is 11.3. The number of halogens is 6. The maximum absolute atomic E-state index is 13.6. The van der Waals surface area contributed by atoms with E-state index in [2.05, 4.69) is 5.32 Å². The number of nitrogens with one attached hydrogen (secondary N) is 1. The summed E-state index contributed by atoms with van der Waals surface area (Å²) in [6, 6.07) is 5.09. The van der Waals surface area contributed by atoms with E-state index in [-0.39, 0.29) is 17.3 Å². The van der Waals surface area contributed by atoms with Crippen molar-refractivity contribution in [2.24, 2.45) is 0 Å². The molecule has 0 radical (unpaired) electrons. The fourth-order valence-corrected chi connectivity index (χ4v) is 5.63. The molecule has 2 aromatic carbocycles. The Bertz CT molecular complexity index is 1270. The number of carbonyl (C=O) groups excluding carboxylic acids is 1. The van der Waals surface area contributed by atoms with Gasteiger partial charge in [0, 0.05) is 23.2 Å². The maximum atomic E-state index is 13.6. The van der Waals surface area contributed by atoms with Gasteiger partial charge in [0.25, 0.3) is 0 Å². The minimum Gasteiger partial charge on any atom is -0.497 e. The molecule has 2 aliphatic rings. The summed E-state index contributed by atoms with van der Waals surface area (Å²) in [5, 5.41) is 2.96. The standard InChI is InChI=1S/C26H24Cl3F3N2O3/c1-25(29)12-15(8-17(27)13-25)23-22-14(9-18(36-2)11-21(22)37-3)6-7-34(23)24(35)33-20-10-16(26(30,31)32)4-5-19(20)28/h4-5,8-11,13,23H,6-7,12H2,1-3H3,(H,33,35). The van der Waals surface area contributed by atoms with Crippen molar-refractivity contribution in [2.45, 2.75) is 36.9 Å². The molecule has 1 heterocycles. The van der Waals surface area contributed by atoms with Gasteiger partial charge in [-0.2, -0.15) is 13.2 Å². The van der Waals surface area contributed by atoms with Crippen molar-refractivity contribution in [3.8, 4) is 11.5 Å². The molecule has 0 saturated heterocycles. The molecule has 4 rings (SSSR count). The first-order chi connectivity index (χ1) is 17.3. The number of methoxy groups -OCH3 is 2. The summed E-state index contributed by atoms with van der Waals surface area (Å²) in [7, 11) is 3.06. The summed E-state index contributed by atoms with van der Waals surface area (Å²) in [6.45, 7) is 2.07. The molecular weight excluding hydrogens is 552 g/mol. The second-order valence-corrected chi connectivity index (χ2v) is 10.8. The summed E-state index contributed by atoms with van der Waals surface area (Å²) < 4.78 is 51.0. The van der Waals surface area contributed by atoms with Crippen LogP contribution in [0.5, 0.6) is 11.5 Å². The van der Waals surface area contributed by atoms with Crippen molar-refractivity contribution < 1.29 is 27.4 Å². The van der Waals surface area contributed by atoms with Crippen LogP contribution in [0.4, 0.5) is 23.7 Å². The van der Waals surface area contributed by atoms with E-state index in [0.717, 1.165) is 34.9 Å². The highest BCUT2D eigenvalue weighted by atomic mass is 35.5. The number of benzene rings is 2. The molecule has 1 aliphatic carbocycles. The van der Waals surface area contributed by atoms with Gasteiger partial charge in [0.15, 0.2) is 0 Å². The molecule has 0 fully saturated rings. The average Bonchev–Trinajstić information content (AvgIpc) is 2.81. The Balaban J connectivity index is 1.80. The minimum absolute atomic E-state index is 0.0196. The first kappa shape index (κ1) is 27.5. The second-order valence-electron chi connectivity index (χ2n) is 9.07. The lowest BCUT2D eigenvalue weighted by Crippen LogP contribution is -2.44. The molecule has 2 atom stereocenters. The third-order valence-corrected chi connectivity index (χ3v) is 7.11. The number of urea groups is 1. The van der Waals surface area contributed by atoms with E-state index in [1.54, 1.807) is 25.3 Å². The van der Waals surface area contributed by atoms with E-state index in [1.165, 1.54) is 12.0 Å². The highest BCUT2D eigenvalue weighted by Gasteiger charge is 2.40. The maximum Gasteiger partial charge on any atom is 0.416 e. The number of hydrogen-bond donors (Lipinski definition) is 1. The molecule has 11 heteroatoms. The number of carbonyl (C=O) groups is 1. The van der Waals surface area contributed by atoms with Crippen LogP contribution in [-0.4, -0.2) is 36.6 Å². The Hall–Kier alpha value is -2.55. The van der Waals surface area contributed by atoms with Gasteiger partial charge < -0.3 is 19.7 Å². The Labute approximate surface area is 227 Å². The van der Waals surface area contributed by atoms with Gasteiger partial charge in [-0.3, -0.25) is 0 Å². The molecule has 198 valence electrons. The van der Waals surface area contributed by atoms with Crippen LogP contribution >= 0.6 is 34.8 Å². The molecule has 0 aromatic heterocycles. The van der Waals surface area contributed by atoms with Crippen LogP contribution in [-0.2, 0) is 12.6 Å². The lowest BCUT2D eigenvalue weighted by Gasteiger charge is -2.41. The zero-order valence-corrected chi connectivity index (χ0v) is 22.4. The minimum atomic E-state index is -4.59. The Morgan fingerprint density at radius 3 is 2.51 bits per heavy atom. The summed E-state index contributed by atoms with van der Waals surface area (Å²) in [5.74, 6) is 1.09. The predicted octanol–water partition coefficient (Wildman–Crippen LogP) is 7.96. The Kier molecular flexibility index (Phi) is 7.66. The molecular formula is C26H24Cl3F3N2O3. The number of anilines is 1. The molecule has 2 aromatic rings. The van der Waals surface area contributed by atoms with Gasteiger partial charge in [-0.25, -0.2) is 4.79 Å². The Morgan fingerprint density at radius 2 is 1.89 bits per heavy atom. The van der Waals surface area contributed by atoms with Crippen molar-refractivity contribution in [1.29, 1.82) is 0 Å². The molecule has 0 spiro atoms. The fraction of sp³-hybridized carbons (Fsp3) is 0.346. The van der Waals surface area contributed by atoms with Gasteiger partial charge in [0.1, 0.15) is 11.5 Å². The highest BCUT2D eigenvalue weighted by Crippen LogP contribution is 2.48. The number of ether oxygens (including phenoxy) is 2. The summed E-state index contributed by atoms with van der Waals surface area (Å²) >= 11 is 19.2. The van der Waals surface area contributed by atoms with Gasteiger partial charge in [0.05, 0.1) is 41.4 Å². The molecule has 1 N–H and O–H groups in total. The lowest BCUT2D eigenvalue weighted by atomic mass is 9.81. The third-order valence-electron chi connectivity index (χ3n) is 6.32. The SMILES string of the molecule is COc1cc2c(c(OC)c1)C(C1=CC(Cl)=CC(C)(Cl)C1)N(C(=O)Nc1cc(C(F)(F)F)ccc1Cl)CC2. The molecule has 1 aliphatic heterocycles. The van der Waals surface area contributed by atoms with Crippen LogP contribution in [0.2, 0.25) is 5.02 Å². The van der Waals surface area contributed by atoms with Crippen molar-refractivity contribution >= 4 is 46.5 Å². The van der Waals surface area contributed by atoms with Crippen molar-refractivity contribution in [3.63, 3.8) is 0 Å². The number of hydrogen-bond acceptors (Lipinski definition) is 3. The van der Waals surface area contributed by atoms with Crippen molar-refractivity contribution in [2.75, 3.05) is 26.1 Å². The van der Waals surface area contributed by atoms with Crippen LogP contribution in [0.15, 0.2) is 53.1 Å². The van der Waals surface area contributed by atoms with Crippen LogP contribution in [0.1, 0.15) is 36.1 Å².